The van der Waals surface area contributed by atoms with Crippen molar-refractivity contribution in [2.45, 2.75) is 4.90 Å². The molecule has 0 aliphatic rings. The van der Waals surface area contributed by atoms with Crippen LogP contribution in [0.4, 0.5) is 31.3 Å². The Kier molecular flexibility index (Phi) is 22.3. The minimum atomic E-state index is -4.03. The monoisotopic (exact) mass is 282 g/mol. The second-order valence-corrected chi connectivity index (χ2v) is 4.17. The standard InChI is InChI=1S/C6H5ClF2S.5FH/c7-10(8,9)6-4-2-1-3-5-6;;;;;/h1-5H;5*1H. The summed E-state index contributed by atoms with van der Waals surface area (Å²) < 4.78 is 24.6. The van der Waals surface area contributed by atoms with Gasteiger partial charge in [-0.25, -0.2) is 0 Å². The highest BCUT2D eigenvalue weighted by Crippen LogP contribution is 2.63. The molecule has 96 valence electrons. The molecule has 0 heterocycles. The summed E-state index contributed by atoms with van der Waals surface area (Å²) in [6.07, 6.45) is 0. The van der Waals surface area contributed by atoms with Crippen molar-refractivity contribution in [2.24, 2.45) is 0 Å². The van der Waals surface area contributed by atoms with Crippen LogP contribution < -0.4 is 0 Å². The number of benzene rings is 1. The fraction of sp³-hybridized carbons (Fsp3) is 0. The number of hydrogen-bond donors (Lipinski definition) is 0. The van der Waals surface area contributed by atoms with Crippen LogP contribution in [0.25, 0.3) is 0 Å². The second-order valence-electron chi connectivity index (χ2n) is 1.72. The van der Waals surface area contributed by atoms with E-state index in [2.05, 4.69) is 0 Å². The lowest BCUT2D eigenvalue weighted by Crippen LogP contribution is -1.74. The highest BCUT2D eigenvalue weighted by Gasteiger charge is 2.20. The molecule has 0 saturated heterocycles. The smallest absolute Gasteiger partial charge is 0.167 e. The second kappa shape index (κ2) is 11.4. The molecule has 0 aliphatic heterocycles. The van der Waals surface area contributed by atoms with Crippen molar-refractivity contribution in [3.63, 3.8) is 0 Å². The van der Waals surface area contributed by atoms with Gasteiger partial charge in [-0.1, -0.05) is 18.2 Å². The first-order valence-electron chi connectivity index (χ1n) is 2.58. The predicted octanol–water partition coefficient (Wildman–Crippen LogP) is 4.54. The summed E-state index contributed by atoms with van der Waals surface area (Å²) in [5, 5.41) is 0. The van der Waals surface area contributed by atoms with Gasteiger partial charge < -0.3 is 0 Å². The van der Waals surface area contributed by atoms with E-state index in [1.807, 2.05) is 0 Å². The summed E-state index contributed by atoms with van der Waals surface area (Å²) in [6.45, 7) is 0. The van der Waals surface area contributed by atoms with Crippen molar-refractivity contribution >= 4 is 20.7 Å². The lowest BCUT2D eigenvalue weighted by molar-refractivity contribution is 0.768. The van der Waals surface area contributed by atoms with E-state index in [-0.39, 0.29) is 28.4 Å². The molecule has 0 bridgehead atoms. The van der Waals surface area contributed by atoms with E-state index >= 15 is 0 Å². The largest absolute Gasteiger partial charge is 0.269 e. The van der Waals surface area contributed by atoms with Gasteiger partial charge >= 0.3 is 0 Å². The van der Waals surface area contributed by atoms with Crippen LogP contribution in [-0.2, 0) is 0 Å². The van der Waals surface area contributed by atoms with Crippen molar-refractivity contribution in [3.05, 3.63) is 30.3 Å². The molecule has 15 heavy (non-hydrogen) atoms. The first-order valence-corrected chi connectivity index (χ1v) is 4.84. The highest BCUT2D eigenvalue weighted by atomic mass is 35.7. The molecule has 0 aromatic heterocycles. The molecule has 0 atom stereocenters. The molecule has 0 saturated carbocycles. The van der Waals surface area contributed by atoms with Crippen LogP contribution in [0.1, 0.15) is 0 Å². The van der Waals surface area contributed by atoms with Gasteiger partial charge in [0.15, 0.2) is 10.0 Å². The van der Waals surface area contributed by atoms with Crippen molar-refractivity contribution in [2.75, 3.05) is 0 Å². The summed E-state index contributed by atoms with van der Waals surface area (Å²) in [7, 11) is 0.778. The zero-order chi connectivity index (χ0) is 7.61. The quantitative estimate of drug-likeness (QED) is 0.664. The summed E-state index contributed by atoms with van der Waals surface area (Å²) in [5.74, 6) is 0. The van der Waals surface area contributed by atoms with Crippen LogP contribution >= 0.6 is 20.7 Å². The van der Waals surface area contributed by atoms with Crippen LogP contribution in [0.2, 0.25) is 0 Å². The van der Waals surface area contributed by atoms with Gasteiger partial charge in [0.25, 0.3) is 0 Å². The van der Waals surface area contributed by atoms with Crippen molar-refractivity contribution < 1.29 is 31.3 Å². The molecule has 0 radical (unpaired) electrons. The first kappa shape index (κ1) is 29.3. The normalized spacial score (nSPS) is 8.73. The van der Waals surface area contributed by atoms with Gasteiger partial charge in [0.05, 0.1) is 4.90 Å². The minimum Gasteiger partial charge on any atom is -0.269 e. The number of rotatable bonds is 1. The number of hydrogen-bond acceptors (Lipinski definition) is 0. The first-order chi connectivity index (χ1) is 4.61. The molecular formula is C6H10ClF7S. The fourth-order valence-corrected chi connectivity index (χ4v) is 1.35. The van der Waals surface area contributed by atoms with Crippen molar-refractivity contribution in [3.8, 4) is 0 Å². The third-order valence-electron chi connectivity index (χ3n) is 1.01. The highest BCUT2D eigenvalue weighted by molar-refractivity contribution is 8.43. The topological polar surface area (TPSA) is 0 Å². The molecule has 9 heteroatoms. The van der Waals surface area contributed by atoms with E-state index in [0.29, 0.717) is 0 Å². The molecule has 0 nitrogen and oxygen atoms in total. The van der Waals surface area contributed by atoms with Crippen LogP contribution in [0.15, 0.2) is 35.2 Å². The fourth-order valence-electron chi connectivity index (χ4n) is 0.575. The maximum absolute atomic E-state index is 12.3. The Morgan fingerprint density at radius 1 is 0.800 bits per heavy atom. The van der Waals surface area contributed by atoms with Gasteiger partial charge in [-0.15, -0.1) is 7.77 Å². The molecule has 0 amide bonds. The molecule has 0 fully saturated rings. The molecule has 1 aromatic carbocycles. The zero-order valence-corrected chi connectivity index (χ0v) is 8.54. The maximum Gasteiger partial charge on any atom is 0.167 e. The SMILES string of the molecule is F.F.F.F.F.FS(F)(Cl)c1ccccc1. The maximum atomic E-state index is 12.3. The summed E-state index contributed by atoms with van der Waals surface area (Å²) >= 11 is 0. The van der Waals surface area contributed by atoms with E-state index in [1.165, 1.54) is 12.1 Å². The van der Waals surface area contributed by atoms with E-state index in [0.717, 1.165) is 0 Å². The Balaban J connectivity index is -0.0000000667. The van der Waals surface area contributed by atoms with Gasteiger partial charge in [-0.2, -0.15) is 0 Å². The molecular weight excluding hydrogens is 273 g/mol. The third kappa shape index (κ3) is 9.67. The van der Waals surface area contributed by atoms with E-state index in [1.54, 1.807) is 18.2 Å². The zero-order valence-electron chi connectivity index (χ0n) is 6.97. The van der Waals surface area contributed by atoms with Crippen molar-refractivity contribution in [1.29, 1.82) is 0 Å². The molecule has 1 aromatic rings. The molecule has 0 N–H and O–H groups in total. The van der Waals surface area contributed by atoms with Gasteiger partial charge in [0, 0.05) is 10.7 Å². The Labute approximate surface area is 87.9 Å². The van der Waals surface area contributed by atoms with Crippen LogP contribution in [0, 0.1) is 0 Å². The van der Waals surface area contributed by atoms with Crippen LogP contribution in [0.5, 0.6) is 0 Å². The van der Waals surface area contributed by atoms with E-state index in [4.69, 9.17) is 10.7 Å². The van der Waals surface area contributed by atoms with Gasteiger partial charge in [0.1, 0.15) is 0 Å². The average molecular weight is 283 g/mol. The van der Waals surface area contributed by atoms with Crippen molar-refractivity contribution in [1.82, 2.24) is 0 Å². The third-order valence-corrected chi connectivity index (χ3v) is 2.35. The molecule has 0 aliphatic carbocycles. The molecule has 0 spiro atoms. The van der Waals surface area contributed by atoms with Gasteiger partial charge in [-0.05, 0) is 12.1 Å². The van der Waals surface area contributed by atoms with Gasteiger partial charge in [-0.3, -0.25) is 23.5 Å². The number of halogens is 8. The van der Waals surface area contributed by atoms with Crippen LogP contribution in [-0.4, -0.2) is 0 Å². The Bertz CT molecular complexity index is 214. The summed E-state index contributed by atoms with van der Waals surface area (Å²) in [4.78, 5) is -0.0864. The van der Waals surface area contributed by atoms with Gasteiger partial charge in [0.2, 0.25) is 0 Å². The lowest BCUT2D eigenvalue weighted by Gasteiger charge is -2.09. The Morgan fingerprint density at radius 3 is 1.33 bits per heavy atom. The lowest BCUT2D eigenvalue weighted by atomic mass is 10.4. The molecule has 1 rings (SSSR count). The predicted molar refractivity (Wildman–Crippen MR) is 52.9 cm³/mol. The molecule has 0 unspecified atom stereocenters. The van der Waals surface area contributed by atoms with E-state index in [9.17, 15) is 7.77 Å². The minimum absolute atomic E-state index is 0. The Morgan fingerprint density at radius 2 is 1.13 bits per heavy atom. The van der Waals surface area contributed by atoms with E-state index < -0.39 is 10.0 Å². The average Bonchev–Trinajstić information content (AvgIpc) is 1.88. The summed E-state index contributed by atoms with van der Waals surface area (Å²) in [6, 6.07) is 7.40. The van der Waals surface area contributed by atoms with Crippen LogP contribution in [0.3, 0.4) is 0 Å². The summed E-state index contributed by atoms with van der Waals surface area (Å²) in [5.41, 5.74) is 0. The Hall–Kier alpha value is -0.630.